The minimum atomic E-state index is 1.01. The highest BCUT2D eigenvalue weighted by molar-refractivity contribution is 5.77. The molecule has 0 spiro atoms. The maximum absolute atomic E-state index is 5.00. The van der Waals surface area contributed by atoms with Crippen molar-refractivity contribution in [1.82, 2.24) is 4.98 Å². The predicted octanol–water partition coefficient (Wildman–Crippen LogP) is 7.01. The van der Waals surface area contributed by atoms with E-state index >= 15 is 0 Å². The lowest BCUT2D eigenvalue weighted by Gasteiger charge is -2.11. The molecule has 4 rings (SSSR count). The SMILES string of the molecule is Cc1cccc(-c2cc(-c3cccc(C)c3)nc(-c3cccc(C)c3)c2)c1. The zero-order valence-corrected chi connectivity index (χ0v) is 16.0. The molecule has 0 unspecified atom stereocenters. The van der Waals surface area contributed by atoms with Crippen molar-refractivity contribution in [2.24, 2.45) is 0 Å². The largest absolute Gasteiger partial charge is 0.248 e. The summed E-state index contributed by atoms with van der Waals surface area (Å²) in [6.45, 7) is 6.37. The van der Waals surface area contributed by atoms with Gasteiger partial charge in [0.25, 0.3) is 0 Å². The van der Waals surface area contributed by atoms with Crippen molar-refractivity contribution in [3.63, 3.8) is 0 Å². The summed E-state index contributed by atoms with van der Waals surface area (Å²) >= 11 is 0. The molecular weight excluding hydrogens is 326 g/mol. The molecule has 1 heteroatoms. The van der Waals surface area contributed by atoms with Gasteiger partial charge in [0.1, 0.15) is 0 Å². The molecule has 0 aliphatic rings. The van der Waals surface area contributed by atoms with Gasteiger partial charge in [-0.05, 0) is 56.2 Å². The van der Waals surface area contributed by atoms with Crippen LogP contribution < -0.4 is 0 Å². The quantitative estimate of drug-likeness (QED) is 0.388. The topological polar surface area (TPSA) is 12.9 Å². The first-order valence-corrected chi connectivity index (χ1v) is 9.32. The Labute approximate surface area is 161 Å². The number of hydrogen-bond donors (Lipinski definition) is 0. The lowest BCUT2D eigenvalue weighted by Crippen LogP contribution is -1.92. The van der Waals surface area contributed by atoms with Crippen LogP contribution in [0.3, 0.4) is 0 Å². The Morgan fingerprint density at radius 1 is 0.444 bits per heavy atom. The van der Waals surface area contributed by atoms with Gasteiger partial charge in [0.2, 0.25) is 0 Å². The third-order valence-corrected chi connectivity index (χ3v) is 4.80. The normalized spacial score (nSPS) is 10.8. The molecule has 0 fully saturated rings. The van der Waals surface area contributed by atoms with Crippen molar-refractivity contribution < 1.29 is 0 Å². The summed E-state index contributed by atoms with van der Waals surface area (Å²) in [5.41, 5.74) is 10.5. The Morgan fingerprint density at radius 2 is 0.852 bits per heavy atom. The van der Waals surface area contributed by atoms with Crippen LogP contribution in [0, 0.1) is 20.8 Å². The smallest absolute Gasteiger partial charge is 0.0715 e. The Balaban J connectivity index is 1.94. The molecule has 0 aliphatic heterocycles. The van der Waals surface area contributed by atoms with Gasteiger partial charge < -0.3 is 0 Å². The first-order valence-electron chi connectivity index (χ1n) is 9.32. The van der Waals surface area contributed by atoms with Crippen molar-refractivity contribution in [1.29, 1.82) is 0 Å². The zero-order chi connectivity index (χ0) is 18.8. The molecule has 4 aromatic rings. The summed E-state index contributed by atoms with van der Waals surface area (Å²) in [6.07, 6.45) is 0. The van der Waals surface area contributed by atoms with Crippen LogP contribution >= 0.6 is 0 Å². The predicted molar refractivity (Wildman–Crippen MR) is 115 cm³/mol. The van der Waals surface area contributed by atoms with E-state index in [0.29, 0.717) is 0 Å². The van der Waals surface area contributed by atoms with Gasteiger partial charge in [-0.1, -0.05) is 77.4 Å². The lowest BCUT2D eigenvalue weighted by atomic mass is 9.98. The fourth-order valence-corrected chi connectivity index (χ4v) is 3.43. The second kappa shape index (κ2) is 7.20. The monoisotopic (exact) mass is 349 g/mol. The van der Waals surface area contributed by atoms with Crippen molar-refractivity contribution in [2.75, 3.05) is 0 Å². The maximum atomic E-state index is 5.00. The fourth-order valence-electron chi connectivity index (χ4n) is 3.43. The van der Waals surface area contributed by atoms with Crippen LogP contribution in [0.15, 0.2) is 84.9 Å². The molecule has 0 radical (unpaired) electrons. The zero-order valence-electron chi connectivity index (χ0n) is 16.0. The summed E-state index contributed by atoms with van der Waals surface area (Å²) in [5.74, 6) is 0. The van der Waals surface area contributed by atoms with E-state index < -0.39 is 0 Å². The molecule has 3 aromatic carbocycles. The van der Waals surface area contributed by atoms with E-state index in [1.807, 2.05) is 0 Å². The second-order valence-corrected chi connectivity index (χ2v) is 7.23. The standard InChI is InChI=1S/C26H23N/c1-18-7-4-10-21(13-18)24-16-25(22-11-5-8-19(2)14-22)27-26(17-24)23-12-6-9-20(3)15-23/h4-17H,1-3H3. The minimum Gasteiger partial charge on any atom is -0.248 e. The molecule has 0 saturated carbocycles. The highest BCUT2D eigenvalue weighted by Gasteiger charge is 2.09. The molecular formula is C26H23N. The molecule has 1 aromatic heterocycles. The average Bonchev–Trinajstić information content (AvgIpc) is 2.68. The number of nitrogens with zero attached hydrogens (tertiary/aromatic N) is 1. The third-order valence-electron chi connectivity index (χ3n) is 4.80. The minimum absolute atomic E-state index is 1.01. The van der Waals surface area contributed by atoms with Gasteiger partial charge in [0.05, 0.1) is 11.4 Å². The van der Waals surface area contributed by atoms with E-state index in [2.05, 4.69) is 106 Å². The lowest BCUT2D eigenvalue weighted by molar-refractivity contribution is 1.31. The van der Waals surface area contributed by atoms with E-state index in [0.717, 1.165) is 22.5 Å². The number of aromatic nitrogens is 1. The molecule has 0 bridgehead atoms. The van der Waals surface area contributed by atoms with Gasteiger partial charge in [0.15, 0.2) is 0 Å². The van der Waals surface area contributed by atoms with Gasteiger partial charge in [-0.15, -0.1) is 0 Å². The molecule has 132 valence electrons. The molecule has 1 heterocycles. The Kier molecular flexibility index (Phi) is 4.60. The van der Waals surface area contributed by atoms with Crippen LogP contribution in [0.4, 0.5) is 0 Å². The third kappa shape index (κ3) is 3.83. The average molecular weight is 349 g/mol. The van der Waals surface area contributed by atoms with Crippen molar-refractivity contribution in [2.45, 2.75) is 20.8 Å². The first-order chi connectivity index (χ1) is 13.1. The summed E-state index contributed by atoms with van der Waals surface area (Å²) in [7, 11) is 0. The van der Waals surface area contributed by atoms with Crippen LogP contribution in [-0.4, -0.2) is 4.98 Å². The Bertz CT molecular complexity index is 955. The summed E-state index contributed by atoms with van der Waals surface area (Å²) in [6, 6.07) is 30.1. The van der Waals surface area contributed by atoms with E-state index in [9.17, 15) is 0 Å². The highest BCUT2D eigenvalue weighted by Crippen LogP contribution is 2.31. The van der Waals surface area contributed by atoms with Gasteiger partial charge in [-0.3, -0.25) is 0 Å². The highest BCUT2D eigenvalue weighted by atomic mass is 14.7. The van der Waals surface area contributed by atoms with E-state index in [4.69, 9.17) is 4.98 Å². The van der Waals surface area contributed by atoms with Crippen molar-refractivity contribution in [3.8, 4) is 33.6 Å². The van der Waals surface area contributed by atoms with Gasteiger partial charge in [-0.25, -0.2) is 4.98 Å². The van der Waals surface area contributed by atoms with Gasteiger partial charge >= 0.3 is 0 Å². The number of pyridine rings is 1. The number of benzene rings is 3. The van der Waals surface area contributed by atoms with Crippen molar-refractivity contribution in [3.05, 3.63) is 102 Å². The van der Waals surface area contributed by atoms with Gasteiger partial charge in [-0.2, -0.15) is 0 Å². The molecule has 0 aliphatic carbocycles. The van der Waals surface area contributed by atoms with Crippen LogP contribution in [0.5, 0.6) is 0 Å². The number of hydrogen-bond acceptors (Lipinski definition) is 1. The Hall–Kier alpha value is -3.19. The van der Waals surface area contributed by atoms with Crippen LogP contribution in [-0.2, 0) is 0 Å². The van der Waals surface area contributed by atoms with E-state index in [1.54, 1.807) is 0 Å². The summed E-state index contributed by atoms with van der Waals surface area (Å²) in [4.78, 5) is 5.00. The van der Waals surface area contributed by atoms with E-state index in [1.165, 1.54) is 27.8 Å². The summed E-state index contributed by atoms with van der Waals surface area (Å²) in [5, 5.41) is 0. The molecule has 27 heavy (non-hydrogen) atoms. The van der Waals surface area contributed by atoms with Crippen LogP contribution in [0.1, 0.15) is 16.7 Å². The van der Waals surface area contributed by atoms with E-state index in [-0.39, 0.29) is 0 Å². The summed E-state index contributed by atoms with van der Waals surface area (Å²) < 4.78 is 0. The second-order valence-electron chi connectivity index (χ2n) is 7.23. The van der Waals surface area contributed by atoms with Gasteiger partial charge in [0, 0.05) is 11.1 Å². The molecule has 0 atom stereocenters. The molecule has 0 N–H and O–H groups in total. The molecule has 1 nitrogen and oxygen atoms in total. The van der Waals surface area contributed by atoms with Crippen LogP contribution in [0.25, 0.3) is 33.6 Å². The number of aryl methyl sites for hydroxylation is 3. The Morgan fingerprint density at radius 3 is 1.30 bits per heavy atom. The van der Waals surface area contributed by atoms with Crippen LogP contribution in [0.2, 0.25) is 0 Å². The molecule has 0 amide bonds. The van der Waals surface area contributed by atoms with Crippen molar-refractivity contribution >= 4 is 0 Å². The molecule has 0 saturated heterocycles. The fraction of sp³-hybridized carbons (Fsp3) is 0.115. The maximum Gasteiger partial charge on any atom is 0.0715 e. The first kappa shape index (κ1) is 17.2. The number of rotatable bonds is 3.